The Morgan fingerprint density at radius 1 is 1.16 bits per heavy atom. The molecule has 3 N–H and O–H groups in total. The van der Waals surface area contributed by atoms with Crippen molar-refractivity contribution in [1.29, 1.82) is 0 Å². The number of alkyl carbamates (subject to hydrolysis) is 1. The van der Waals surface area contributed by atoms with Crippen molar-refractivity contribution in [3.8, 4) is 0 Å². The third-order valence-corrected chi connectivity index (χ3v) is 4.80. The van der Waals surface area contributed by atoms with E-state index in [-0.39, 0.29) is 25.6 Å². The number of aliphatic hydroxyl groups is 1. The van der Waals surface area contributed by atoms with E-state index in [1.807, 2.05) is 44.2 Å². The average Bonchev–Trinajstić information content (AvgIpc) is 3.05. The molecule has 0 bridgehead atoms. The van der Waals surface area contributed by atoms with Crippen molar-refractivity contribution in [3.63, 3.8) is 0 Å². The molecule has 3 amide bonds. The summed E-state index contributed by atoms with van der Waals surface area (Å²) < 4.78 is 10.6. The van der Waals surface area contributed by atoms with Crippen LogP contribution in [0, 0.1) is 5.92 Å². The summed E-state index contributed by atoms with van der Waals surface area (Å²) in [5.41, 5.74) is 0.180. The first-order chi connectivity index (χ1) is 14.9. The lowest BCUT2D eigenvalue weighted by atomic mass is 10.0. The maximum Gasteiger partial charge on any atom is 0.410 e. The van der Waals surface area contributed by atoms with Crippen LogP contribution < -0.4 is 10.6 Å². The first-order valence-electron chi connectivity index (χ1n) is 10.9. The number of benzene rings is 1. The Labute approximate surface area is 189 Å². The van der Waals surface area contributed by atoms with Gasteiger partial charge < -0.3 is 30.1 Å². The third kappa shape index (κ3) is 8.37. The van der Waals surface area contributed by atoms with Crippen LogP contribution in [0.4, 0.5) is 9.59 Å². The molecule has 1 aliphatic heterocycles. The minimum absolute atomic E-state index is 0.0568. The van der Waals surface area contributed by atoms with Gasteiger partial charge in [0.2, 0.25) is 5.91 Å². The van der Waals surface area contributed by atoms with Crippen LogP contribution in [0.15, 0.2) is 30.3 Å². The van der Waals surface area contributed by atoms with Crippen molar-refractivity contribution in [2.75, 3.05) is 13.1 Å². The molecule has 0 aliphatic carbocycles. The summed E-state index contributed by atoms with van der Waals surface area (Å²) in [7, 11) is 0. The topological polar surface area (TPSA) is 117 Å². The fourth-order valence-electron chi connectivity index (χ4n) is 3.30. The van der Waals surface area contributed by atoms with Gasteiger partial charge in [0.05, 0.1) is 18.7 Å². The second-order valence-corrected chi connectivity index (χ2v) is 9.46. The number of likely N-dealkylation sites (tertiary alicyclic amines) is 1. The number of β-amino-alcohol motifs (C(OH)–C–C–N with tert-alkyl or cyclic N) is 1. The fraction of sp³-hybridized carbons (Fsp3) is 0.609. The highest BCUT2D eigenvalue weighted by Gasteiger charge is 2.38. The van der Waals surface area contributed by atoms with Crippen molar-refractivity contribution in [2.45, 2.75) is 71.4 Å². The number of rotatable bonds is 7. The van der Waals surface area contributed by atoms with E-state index in [1.54, 1.807) is 20.8 Å². The molecule has 0 aromatic heterocycles. The fourth-order valence-corrected chi connectivity index (χ4v) is 3.30. The number of hydrogen-bond donors (Lipinski definition) is 3. The van der Waals surface area contributed by atoms with Crippen molar-refractivity contribution in [3.05, 3.63) is 35.9 Å². The number of aliphatic hydroxyl groups excluding tert-OH is 1. The first kappa shape index (κ1) is 25.5. The van der Waals surface area contributed by atoms with E-state index < -0.39 is 41.9 Å². The van der Waals surface area contributed by atoms with Gasteiger partial charge >= 0.3 is 12.2 Å². The molecule has 32 heavy (non-hydrogen) atoms. The van der Waals surface area contributed by atoms with E-state index >= 15 is 0 Å². The Hall–Kier alpha value is -2.81. The smallest absolute Gasteiger partial charge is 0.410 e. The molecule has 1 saturated heterocycles. The monoisotopic (exact) mass is 449 g/mol. The standard InChI is InChI=1S/C23H35N3O6/c1-15(2)11-17(25-21(29)31-14-16-9-7-6-8-10-16)20(28)24-18-12-26(13-19(18)27)22(30)32-23(3,4)5/h6-10,15,17-19,27H,11-14H2,1-5H3,(H,24,28)(H,25,29)/t17-,18?,19?/m0/s1. The molecule has 0 saturated carbocycles. The number of amides is 3. The van der Waals surface area contributed by atoms with Gasteiger partial charge in [-0.3, -0.25) is 4.79 Å². The summed E-state index contributed by atoms with van der Waals surface area (Å²) in [6, 6.07) is 7.74. The highest BCUT2D eigenvalue weighted by atomic mass is 16.6. The quantitative estimate of drug-likeness (QED) is 0.589. The lowest BCUT2D eigenvalue weighted by Crippen LogP contribution is -2.53. The molecule has 1 aromatic carbocycles. The van der Waals surface area contributed by atoms with Gasteiger partial charge in [0.1, 0.15) is 18.2 Å². The van der Waals surface area contributed by atoms with E-state index in [0.29, 0.717) is 6.42 Å². The molecule has 2 rings (SSSR count). The highest BCUT2D eigenvalue weighted by Crippen LogP contribution is 2.16. The van der Waals surface area contributed by atoms with Gasteiger partial charge in [0.15, 0.2) is 0 Å². The Kier molecular flexibility index (Phi) is 8.89. The minimum Gasteiger partial charge on any atom is -0.445 e. The number of carbonyl (C=O) groups is 3. The van der Waals surface area contributed by atoms with Crippen LogP contribution in [0.25, 0.3) is 0 Å². The Morgan fingerprint density at radius 2 is 1.81 bits per heavy atom. The van der Waals surface area contributed by atoms with Crippen LogP contribution in [0.3, 0.4) is 0 Å². The van der Waals surface area contributed by atoms with E-state index in [0.717, 1.165) is 5.56 Å². The van der Waals surface area contributed by atoms with Crippen LogP contribution in [-0.2, 0) is 20.9 Å². The molecule has 3 atom stereocenters. The minimum atomic E-state index is -0.934. The molecule has 1 aromatic rings. The largest absolute Gasteiger partial charge is 0.445 e. The van der Waals surface area contributed by atoms with Crippen LogP contribution in [0.2, 0.25) is 0 Å². The van der Waals surface area contributed by atoms with Gasteiger partial charge in [-0.2, -0.15) is 0 Å². The van der Waals surface area contributed by atoms with E-state index in [2.05, 4.69) is 10.6 Å². The number of hydrogen-bond acceptors (Lipinski definition) is 6. The summed E-state index contributed by atoms with van der Waals surface area (Å²) in [4.78, 5) is 38.7. The highest BCUT2D eigenvalue weighted by molar-refractivity contribution is 5.86. The van der Waals surface area contributed by atoms with Crippen LogP contribution in [-0.4, -0.2) is 65.0 Å². The summed E-state index contributed by atoms with van der Waals surface area (Å²) in [6.07, 6.45) is -1.78. The van der Waals surface area contributed by atoms with Gasteiger partial charge in [-0.25, -0.2) is 9.59 Å². The normalized spacial score (nSPS) is 19.4. The maximum absolute atomic E-state index is 12.9. The molecule has 178 valence electrons. The lowest BCUT2D eigenvalue weighted by Gasteiger charge is -2.25. The summed E-state index contributed by atoms with van der Waals surface area (Å²) >= 11 is 0. The first-order valence-corrected chi connectivity index (χ1v) is 10.9. The second-order valence-electron chi connectivity index (χ2n) is 9.46. The van der Waals surface area contributed by atoms with Gasteiger partial charge in [0, 0.05) is 6.54 Å². The Morgan fingerprint density at radius 3 is 2.41 bits per heavy atom. The molecule has 0 spiro atoms. The molecule has 1 heterocycles. The zero-order chi connectivity index (χ0) is 23.9. The maximum atomic E-state index is 12.9. The Bertz CT molecular complexity index is 778. The van der Waals surface area contributed by atoms with E-state index in [9.17, 15) is 19.5 Å². The Balaban J connectivity index is 1.92. The average molecular weight is 450 g/mol. The predicted molar refractivity (Wildman–Crippen MR) is 119 cm³/mol. The summed E-state index contributed by atoms with van der Waals surface area (Å²) in [5.74, 6) is -0.308. The zero-order valence-corrected chi connectivity index (χ0v) is 19.5. The SMILES string of the molecule is CC(C)C[C@H](NC(=O)OCc1ccccc1)C(=O)NC1CN(C(=O)OC(C)(C)C)CC1O. The van der Waals surface area contributed by atoms with Crippen molar-refractivity contribution in [2.24, 2.45) is 5.92 Å². The molecule has 0 radical (unpaired) electrons. The van der Waals surface area contributed by atoms with Gasteiger partial charge in [-0.1, -0.05) is 44.2 Å². The summed E-state index contributed by atoms with van der Waals surface area (Å²) in [5, 5.41) is 15.7. The number of ether oxygens (including phenoxy) is 2. The number of nitrogens with zero attached hydrogens (tertiary/aromatic N) is 1. The lowest BCUT2D eigenvalue weighted by molar-refractivity contribution is -0.124. The van der Waals surface area contributed by atoms with Crippen LogP contribution in [0.1, 0.15) is 46.6 Å². The van der Waals surface area contributed by atoms with Crippen molar-refractivity contribution >= 4 is 18.1 Å². The number of carbonyl (C=O) groups excluding carboxylic acids is 3. The molecule has 9 heteroatoms. The van der Waals surface area contributed by atoms with Crippen LogP contribution in [0.5, 0.6) is 0 Å². The van der Waals surface area contributed by atoms with E-state index in [4.69, 9.17) is 9.47 Å². The van der Waals surface area contributed by atoms with Crippen molar-refractivity contribution in [1.82, 2.24) is 15.5 Å². The van der Waals surface area contributed by atoms with Gasteiger partial charge in [0.25, 0.3) is 0 Å². The molecule has 1 aliphatic rings. The summed E-state index contributed by atoms with van der Waals surface area (Å²) in [6.45, 7) is 9.42. The van der Waals surface area contributed by atoms with E-state index in [1.165, 1.54) is 4.90 Å². The molecule has 2 unspecified atom stereocenters. The molecular formula is C23H35N3O6. The van der Waals surface area contributed by atoms with Gasteiger partial charge in [-0.15, -0.1) is 0 Å². The molecule has 1 fully saturated rings. The van der Waals surface area contributed by atoms with Crippen molar-refractivity contribution < 1.29 is 29.0 Å². The number of nitrogens with one attached hydrogen (secondary N) is 2. The molecule has 9 nitrogen and oxygen atoms in total. The zero-order valence-electron chi connectivity index (χ0n) is 19.5. The van der Waals surface area contributed by atoms with Gasteiger partial charge in [-0.05, 0) is 38.7 Å². The third-order valence-electron chi connectivity index (χ3n) is 4.80. The molecular weight excluding hydrogens is 414 g/mol. The predicted octanol–water partition coefficient (Wildman–Crippen LogP) is 2.42. The van der Waals surface area contributed by atoms with Crippen LogP contribution >= 0.6 is 0 Å². The second kappa shape index (κ2) is 11.2.